The molecule has 3 heterocycles. The molecule has 0 radical (unpaired) electrons. The third-order valence-electron chi connectivity index (χ3n) is 10.5. The number of para-hydroxylation sites is 4. The minimum Gasteiger partial charge on any atom is -0.455 e. The van der Waals surface area contributed by atoms with Crippen molar-refractivity contribution in [1.29, 1.82) is 0 Å². The van der Waals surface area contributed by atoms with E-state index in [2.05, 4.69) is 179 Å². The molecule has 0 saturated carbocycles. The van der Waals surface area contributed by atoms with Crippen molar-refractivity contribution in [2.45, 2.75) is 0 Å². The fourth-order valence-electron chi connectivity index (χ4n) is 8.21. The molecule has 11 aromatic rings. The summed E-state index contributed by atoms with van der Waals surface area (Å²) in [4.78, 5) is 2.39. The molecule has 0 N–H and O–H groups in total. The number of furan rings is 1. The first-order valence-electron chi connectivity index (χ1n) is 17.4. The monoisotopic (exact) mass is 650 g/mol. The van der Waals surface area contributed by atoms with Gasteiger partial charge in [0.1, 0.15) is 11.2 Å². The molecular formula is C48H30N2O. The molecule has 0 unspecified atom stereocenters. The van der Waals surface area contributed by atoms with Gasteiger partial charge < -0.3 is 13.7 Å². The fraction of sp³-hybridized carbons (Fsp3) is 0. The lowest BCUT2D eigenvalue weighted by Gasteiger charge is -2.26. The van der Waals surface area contributed by atoms with E-state index in [-0.39, 0.29) is 0 Å². The lowest BCUT2D eigenvalue weighted by atomic mass is 10.0. The van der Waals surface area contributed by atoms with Gasteiger partial charge in [0.25, 0.3) is 0 Å². The number of rotatable bonds is 5. The van der Waals surface area contributed by atoms with Crippen molar-refractivity contribution < 1.29 is 4.42 Å². The summed E-state index contributed by atoms with van der Waals surface area (Å²) < 4.78 is 8.85. The molecular weight excluding hydrogens is 621 g/mol. The summed E-state index contributed by atoms with van der Waals surface area (Å²) in [5.74, 6) is 0. The van der Waals surface area contributed by atoms with Crippen LogP contribution in [0.4, 0.5) is 17.1 Å². The maximum absolute atomic E-state index is 6.42. The summed E-state index contributed by atoms with van der Waals surface area (Å²) >= 11 is 0. The predicted octanol–water partition coefficient (Wildman–Crippen LogP) is 13.5. The zero-order valence-corrected chi connectivity index (χ0v) is 27.6. The van der Waals surface area contributed by atoms with Crippen molar-refractivity contribution in [3.05, 3.63) is 182 Å². The van der Waals surface area contributed by atoms with Crippen LogP contribution < -0.4 is 4.90 Å². The van der Waals surface area contributed by atoms with Crippen LogP contribution in [-0.2, 0) is 0 Å². The molecule has 0 spiro atoms. The van der Waals surface area contributed by atoms with Gasteiger partial charge in [0.2, 0.25) is 0 Å². The molecule has 0 saturated heterocycles. The maximum Gasteiger partial charge on any atom is 0.143 e. The van der Waals surface area contributed by atoms with E-state index in [4.69, 9.17) is 4.42 Å². The Morgan fingerprint density at radius 2 is 0.902 bits per heavy atom. The molecule has 0 atom stereocenters. The molecule has 51 heavy (non-hydrogen) atoms. The van der Waals surface area contributed by atoms with Gasteiger partial charge in [-0.25, -0.2) is 0 Å². The topological polar surface area (TPSA) is 20.8 Å². The normalized spacial score (nSPS) is 11.9. The highest BCUT2D eigenvalue weighted by molar-refractivity contribution is 6.24. The molecule has 0 aliphatic rings. The van der Waals surface area contributed by atoms with E-state index in [9.17, 15) is 0 Å². The minimum atomic E-state index is 0.910. The first kappa shape index (κ1) is 28.0. The van der Waals surface area contributed by atoms with Crippen LogP contribution in [0.5, 0.6) is 0 Å². The molecule has 0 fully saturated rings. The predicted molar refractivity (Wildman–Crippen MR) is 214 cm³/mol. The Kier molecular flexibility index (Phi) is 5.96. The van der Waals surface area contributed by atoms with Crippen LogP contribution in [0, 0.1) is 0 Å². The summed E-state index contributed by atoms with van der Waals surface area (Å²) in [6.45, 7) is 0. The number of benzene rings is 8. The summed E-state index contributed by atoms with van der Waals surface area (Å²) in [5, 5.41) is 7.32. The van der Waals surface area contributed by atoms with Gasteiger partial charge in [0, 0.05) is 54.9 Å². The maximum atomic E-state index is 6.42. The number of aromatic nitrogens is 1. The molecule has 8 aromatic carbocycles. The van der Waals surface area contributed by atoms with Crippen molar-refractivity contribution >= 4 is 77.1 Å². The zero-order chi connectivity index (χ0) is 33.5. The van der Waals surface area contributed by atoms with Gasteiger partial charge in [-0.15, -0.1) is 0 Å². The lowest BCUT2D eigenvalue weighted by Crippen LogP contribution is -2.10. The number of anilines is 3. The van der Waals surface area contributed by atoms with E-state index in [0.29, 0.717) is 0 Å². The highest BCUT2D eigenvalue weighted by Crippen LogP contribution is 2.45. The Balaban J connectivity index is 1.12. The van der Waals surface area contributed by atoms with Crippen LogP contribution in [0.2, 0.25) is 0 Å². The van der Waals surface area contributed by atoms with Crippen molar-refractivity contribution in [3.63, 3.8) is 0 Å². The Bertz CT molecular complexity index is 2980. The van der Waals surface area contributed by atoms with E-state index >= 15 is 0 Å². The third-order valence-corrected chi connectivity index (χ3v) is 10.5. The summed E-state index contributed by atoms with van der Waals surface area (Å²) in [6.07, 6.45) is 0. The van der Waals surface area contributed by atoms with E-state index in [0.717, 1.165) is 50.1 Å². The van der Waals surface area contributed by atoms with E-state index in [1.807, 2.05) is 12.1 Å². The Hall–Kier alpha value is -6.84. The van der Waals surface area contributed by atoms with Gasteiger partial charge in [-0.3, -0.25) is 0 Å². The average molecular weight is 651 g/mol. The van der Waals surface area contributed by atoms with E-state index < -0.39 is 0 Å². The van der Waals surface area contributed by atoms with Crippen molar-refractivity contribution in [1.82, 2.24) is 4.40 Å². The summed E-state index contributed by atoms with van der Waals surface area (Å²) in [6, 6.07) is 65.4. The standard InChI is InChI=1S/C48H30N2O/c1-2-11-31(12-3-1)32-21-25-34(26-22-32)49(35-27-23-33(24-28-35)37-16-10-17-41-40-15-6-9-20-46(40)51-48(37)41)36-29-42-38-13-4-7-18-44(38)50-45-19-8-5-14-39(45)43(30-36)47(42)50/h1-30H. The summed E-state index contributed by atoms with van der Waals surface area (Å²) in [7, 11) is 0. The Morgan fingerprint density at radius 3 is 1.57 bits per heavy atom. The summed E-state index contributed by atoms with van der Waals surface area (Å²) in [5.41, 5.74) is 13.5. The average Bonchev–Trinajstić information content (AvgIpc) is 3.86. The highest BCUT2D eigenvalue weighted by atomic mass is 16.3. The van der Waals surface area contributed by atoms with Crippen LogP contribution in [-0.4, -0.2) is 4.40 Å². The van der Waals surface area contributed by atoms with E-state index in [1.54, 1.807) is 0 Å². The van der Waals surface area contributed by atoms with Crippen molar-refractivity contribution in [2.24, 2.45) is 0 Å². The Morgan fingerprint density at radius 1 is 0.373 bits per heavy atom. The SMILES string of the molecule is c1ccc(-c2ccc(N(c3ccc(-c4cccc5c4oc4ccccc45)cc3)c3cc4c5ccccc5n5c6ccccc6c(c3)c45)cc2)cc1. The number of fused-ring (bicyclic) bond motifs is 9. The molecule has 0 aliphatic carbocycles. The second-order valence-corrected chi connectivity index (χ2v) is 13.3. The van der Waals surface area contributed by atoms with Gasteiger partial charge in [0.05, 0.1) is 16.6 Å². The molecule has 0 amide bonds. The second-order valence-electron chi connectivity index (χ2n) is 13.3. The van der Waals surface area contributed by atoms with Gasteiger partial charge in [0.15, 0.2) is 0 Å². The van der Waals surface area contributed by atoms with Crippen LogP contribution in [0.25, 0.3) is 82.3 Å². The van der Waals surface area contributed by atoms with Crippen LogP contribution in [0.1, 0.15) is 0 Å². The van der Waals surface area contributed by atoms with E-state index in [1.165, 1.54) is 49.2 Å². The number of nitrogens with zero attached hydrogens (tertiary/aromatic N) is 2. The van der Waals surface area contributed by atoms with Crippen LogP contribution in [0.15, 0.2) is 186 Å². The zero-order valence-electron chi connectivity index (χ0n) is 27.6. The minimum absolute atomic E-state index is 0.910. The first-order chi connectivity index (χ1) is 25.3. The van der Waals surface area contributed by atoms with Crippen molar-refractivity contribution in [3.8, 4) is 22.3 Å². The van der Waals surface area contributed by atoms with Crippen molar-refractivity contribution in [2.75, 3.05) is 4.90 Å². The first-order valence-corrected chi connectivity index (χ1v) is 17.4. The highest BCUT2D eigenvalue weighted by Gasteiger charge is 2.22. The number of hydrogen-bond donors (Lipinski definition) is 0. The van der Waals surface area contributed by atoms with Gasteiger partial charge in [-0.1, -0.05) is 127 Å². The van der Waals surface area contributed by atoms with Gasteiger partial charge in [-0.05, 0) is 71.3 Å². The second kappa shape index (κ2) is 10.8. The number of hydrogen-bond acceptors (Lipinski definition) is 2. The molecule has 11 rings (SSSR count). The molecule has 3 heteroatoms. The molecule has 3 aromatic heterocycles. The third kappa shape index (κ3) is 4.19. The van der Waals surface area contributed by atoms with Gasteiger partial charge in [-0.2, -0.15) is 0 Å². The Labute approximate surface area is 294 Å². The van der Waals surface area contributed by atoms with Gasteiger partial charge >= 0.3 is 0 Å². The largest absolute Gasteiger partial charge is 0.455 e. The smallest absolute Gasteiger partial charge is 0.143 e. The quantitative estimate of drug-likeness (QED) is 0.185. The van der Waals surface area contributed by atoms with Crippen LogP contribution in [0.3, 0.4) is 0 Å². The van der Waals surface area contributed by atoms with Crippen LogP contribution >= 0.6 is 0 Å². The molecule has 3 nitrogen and oxygen atoms in total. The lowest BCUT2D eigenvalue weighted by molar-refractivity contribution is 0.670. The molecule has 238 valence electrons. The fourth-order valence-corrected chi connectivity index (χ4v) is 8.21. The molecule has 0 aliphatic heterocycles. The molecule has 0 bridgehead atoms.